The Labute approximate surface area is 115 Å². The Kier molecular flexibility index (Phi) is 2.93. The van der Waals surface area contributed by atoms with Gasteiger partial charge in [0.2, 0.25) is 5.91 Å². The van der Waals surface area contributed by atoms with Crippen LogP contribution in [-0.2, 0) is 9.59 Å². The summed E-state index contributed by atoms with van der Waals surface area (Å²) in [5.74, 6) is -0.570. The highest BCUT2D eigenvalue weighted by Crippen LogP contribution is 2.46. The highest BCUT2D eigenvalue weighted by atomic mass is 16.4. The van der Waals surface area contributed by atoms with Crippen molar-refractivity contribution in [1.29, 1.82) is 0 Å². The van der Waals surface area contributed by atoms with Crippen LogP contribution in [0.25, 0.3) is 11.0 Å². The molecule has 2 unspecified atom stereocenters. The number of fused-ring (bicyclic) bond motifs is 1. The molecule has 3 N–H and O–H groups in total. The SMILES string of the molecule is C[C@@H](NC(=O)C1CC1c1nc2ccccc2[nH]1)C(=O)O. The fourth-order valence-corrected chi connectivity index (χ4v) is 2.32. The van der Waals surface area contributed by atoms with Crippen molar-refractivity contribution in [3.8, 4) is 0 Å². The number of amides is 1. The Morgan fingerprint density at radius 2 is 2.20 bits per heavy atom. The van der Waals surface area contributed by atoms with Crippen LogP contribution in [-0.4, -0.2) is 33.0 Å². The molecular weight excluding hydrogens is 258 g/mol. The summed E-state index contributed by atoms with van der Waals surface area (Å²) in [5, 5.41) is 11.3. The quantitative estimate of drug-likeness (QED) is 0.781. The van der Waals surface area contributed by atoms with Crippen LogP contribution in [0.15, 0.2) is 24.3 Å². The number of carbonyl (C=O) groups is 2. The second kappa shape index (κ2) is 4.63. The largest absolute Gasteiger partial charge is 0.480 e. The molecule has 3 rings (SSSR count). The number of aromatic nitrogens is 2. The predicted octanol–water partition coefficient (Wildman–Crippen LogP) is 1.26. The number of nitrogens with one attached hydrogen (secondary N) is 2. The van der Waals surface area contributed by atoms with Gasteiger partial charge in [-0.15, -0.1) is 0 Å². The van der Waals surface area contributed by atoms with Crippen molar-refractivity contribution in [2.75, 3.05) is 0 Å². The van der Waals surface area contributed by atoms with E-state index in [0.29, 0.717) is 6.42 Å². The van der Waals surface area contributed by atoms with Crippen LogP contribution in [0.1, 0.15) is 25.1 Å². The zero-order valence-electron chi connectivity index (χ0n) is 11.0. The van der Waals surface area contributed by atoms with Crippen LogP contribution in [0.3, 0.4) is 0 Å². The summed E-state index contributed by atoms with van der Waals surface area (Å²) in [6.45, 7) is 1.46. The molecule has 1 amide bonds. The minimum absolute atomic E-state index is 0.0587. The van der Waals surface area contributed by atoms with Crippen molar-refractivity contribution in [3.63, 3.8) is 0 Å². The lowest BCUT2D eigenvalue weighted by molar-refractivity contribution is -0.141. The zero-order chi connectivity index (χ0) is 14.3. The molecule has 0 radical (unpaired) electrons. The molecule has 1 aromatic carbocycles. The van der Waals surface area contributed by atoms with E-state index in [4.69, 9.17) is 5.11 Å². The number of para-hydroxylation sites is 2. The lowest BCUT2D eigenvalue weighted by atomic mass is 10.2. The molecule has 2 aromatic rings. The number of benzene rings is 1. The molecule has 1 fully saturated rings. The van der Waals surface area contributed by atoms with Crippen LogP contribution in [0.5, 0.6) is 0 Å². The molecule has 1 aliphatic rings. The molecular formula is C14H15N3O3. The number of carboxylic acid groups (broad SMARTS) is 1. The Morgan fingerprint density at radius 3 is 2.90 bits per heavy atom. The Bertz CT molecular complexity index is 646. The second-order valence-electron chi connectivity index (χ2n) is 5.16. The fourth-order valence-electron chi connectivity index (χ4n) is 2.32. The van der Waals surface area contributed by atoms with E-state index in [0.717, 1.165) is 16.9 Å². The maximum atomic E-state index is 11.9. The lowest BCUT2D eigenvalue weighted by Gasteiger charge is -2.08. The van der Waals surface area contributed by atoms with Gasteiger partial charge in [0.1, 0.15) is 11.9 Å². The van der Waals surface area contributed by atoms with Crippen LogP contribution >= 0.6 is 0 Å². The van der Waals surface area contributed by atoms with E-state index in [1.807, 2.05) is 24.3 Å². The first-order valence-electron chi connectivity index (χ1n) is 6.54. The maximum absolute atomic E-state index is 11.9. The van der Waals surface area contributed by atoms with E-state index < -0.39 is 12.0 Å². The summed E-state index contributed by atoms with van der Waals surface area (Å²) < 4.78 is 0. The monoisotopic (exact) mass is 273 g/mol. The highest BCUT2D eigenvalue weighted by Gasteiger charge is 2.46. The molecule has 6 nitrogen and oxygen atoms in total. The van der Waals surface area contributed by atoms with E-state index in [2.05, 4.69) is 15.3 Å². The van der Waals surface area contributed by atoms with Gasteiger partial charge < -0.3 is 15.4 Å². The third-order valence-corrected chi connectivity index (χ3v) is 3.62. The molecule has 0 spiro atoms. The number of carboxylic acids is 1. The van der Waals surface area contributed by atoms with E-state index in [1.165, 1.54) is 6.92 Å². The summed E-state index contributed by atoms with van der Waals surface area (Å²) in [7, 11) is 0. The van der Waals surface area contributed by atoms with Crippen molar-refractivity contribution in [2.24, 2.45) is 5.92 Å². The molecule has 0 bridgehead atoms. The third-order valence-electron chi connectivity index (χ3n) is 3.62. The summed E-state index contributed by atoms with van der Waals surface area (Å²) in [5.41, 5.74) is 1.83. The number of hydrogen-bond acceptors (Lipinski definition) is 3. The van der Waals surface area contributed by atoms with Gasteiger partial charge in [-0.05, 0) is 25.5 Å². The first-order valence-corrected chi connectivity index (χ1v) is 6.54. The van der Waals surface area contributed by atoms with Gasteiger partial charge in [-0.25, -0.2) is 4.98 Å². The molecule has 0 aliphatic heterocycles. The van der Waals surface area contributed by atoms with E-state index in [-0.39, 0.29) is 17.7 Å². The topological polar surface area (TPSA) is 95.1 Å². The molecule has 1 heterocycles. The van der Waals surface area contributed by atoms with Gasteiger partial charge in [0.15, 0.2) is 0 Å². The Morgan fingerprint density at radius 1 is 1.45 bits per heavy atom. The van der Waals surface area contributed by atoms with Crippen LogP contribution in [0.2, 0.25) is 0 Å². The van der Waals surface area contributed by atoms with Gasteiger partial charge in [0, 0.05) is 11.8 Å². The Balaban J connectivity index is 1.69. The van der Waals surface area contributed by atoms with E-state index in [9.17, 15) is 9.59 Å². The number of aromatic amines is 1. The summed E-state index contributed by atoms with van der Waals surface area (Å²) in [4.78, 5) is 30.3. The highest BCUT2D eigenvalue weighted by molar-refractivity contribution is 5.87. The number of H-pyrrole nitrogens is 1. The molecule has 1 aliphatic carbocycles. The predicted molar refractivity (Wildman–Crippen MR) is 72.2 cm³/mol. The van der Waals surface area contributed by atoms with Crippen molar-refractivity contribution in [2.45, 2.75) is 25.3 Å². The van der Waals surface area contributed by atoms with Crippen molar-refractivity contribution in [1.82, 2.24) is 15.3 Å². The van der Waals surface area contributed by atoms with Crippen LogP contribution in [0.4, 0.5) is 0 Å². The number of carbonyl (C=O) groups excluding carboxylic acids is 1. The zero-order valence-corrected chi connectivity index (χ0v) is 11.0. The van der Waals surface area contributed by atoms with Gasteiger partial charge in [0.05, 0.1) is 11.0 Å². The lowest BCUT2D eigenvalue weighted by Crippen LogP contribution is -2.39. The molecule has 6 heteroatoms. The summed E-state index contributed by atoms with van der Waals surface area (Å²) in [6.07, 6.45) is 0.706. The standard InChI is InChI=1S/C14H15N3O3/c1-7(14(19)20)15-13(18)9-6-8(9)12-16-10-4-2-3-5-11(10)17-12/h2-5,7-9H,6H2,1H3,(H,15,18)(H,16,17)(H,19,20)/t7-,8?,9?/m1/s1. The van der Waals surface area contributed by atoms with Crippen molar-refractivity contribution < 1.29 is 14.7 Å². The smallest absolute Gasteiger partial charge is 0.325 e. The summed E-state index contributed by atoms with van der Waals surface area (Å²) in [6, 6.07) is 6.84. The normalized spacial score (nSPS) is 22.4. The third kappa shape index (κ3) is 2.24. The maximum Gasteiger partial charge on any atom is 0.325 e. The molecule has 1 saturated carbocycles. The number of hydrogen-bond donors (Lipinski definition) is 3. The number of rotatable bonds is 4. The molecule has 1 aromatic heterocycles. The molecule has 3 atom stereocenters. The molecule has 20 heavy (non-hydrogen) atoms. The fraction of sp³-hybridized carbons (Fsp3) is 0.357. The van der Waals surface area contributed by atoms with E-state index >= 15 is 0 Å². The Hall–Kier alpha value is -2.37. The van der Waals surface area contributed by atoms with Gasteiger partial charge >= 0.3 is 5.97 Å². The number of aliphatic carboxylic acids is 1. The van der Waals surface area contributed by atoms with Gasteiger partial charge in [-0.3, -0.25) is 9.59 Å². The average Bonchev–Trinajstić information content (AvgIpc) is 3.10. The van der Waals surface area contributed by atoms with Crippen LogP contribution < -0.4 is 5.32 Å². The second-order valence-corrected chi connectivity index (χ2v) is 5.16. The summed E-state index contributed by atoms with van der Waals surface area (Å²) >= 11 is 0. The minimum atomic E-state index is -1.03. The van der Waals surface area contributed by atoms with E-state index in [1.54, 1.807) is 0 Å². The van der Waals surface area contributed by atoms with Crippen LogP contribution in [0, 0.1) is 5.92 Å². The number of nitrogens with zero attached hydrogens (tertiary/aromatic N) is 1. The van der Waals surface area contributed by atoms with Gasteiger partial charge in [-0.2, -0.15) is 0 Å². The van der Waals surface area contributed by atoms with Crippen molar-refractivity contribution >= 4 is 22.9 Å². The van der Waals surface area contributed by atoms with Gasteiger partial charge in [0.25, 0.3) is 0 Å². The average molecular weight is 273 g/mol. The first-order chi connectivity index (χ1) is 9.56. The molecule has 0 saturated heterocycles. The first kappa shape index (κ1) is 12.7. The minimum Gasteiger partial charge on any atom is -0.480 e. The van der Waals surface area contributed by atoms with Gasteiger partial charge in [-0.1, -0.05) is 12.1 Å². The van der Waals surface area contributed by atoms with Crippen molar-refractivity contribution in [3.05, 3.63) is 30.1 Å². The molecule has 104 valence electrons. The number of imidazole rings is 1.